The van der Waals surface area contributed by atoms with Crippen LogP contribution in [0.3, 0.4) is 0 Å². The summed E-state index contributed by atoms with van der Waals surface area (Å²) < 4.78 is 0. The molecular weight excluding hydrogens is 356 g/mol. The van der Waals surface area contributed by atoms with E-state index in [4.69, 9.17) is 0 Å². The number of allylic oxidation sites excluding steroid dienone is 3. The Labute approximate surface area is 179 Å². The minimum absolute atomic E-state index is 0.420. The van der Waals surface area contributed by atoms with E-state index in [0.29, 0.717) is 24.2 Å². The molecule has 2 nitrogen and oxygen atoms in total. The fourth-order valence-electron chi connectivity index (χ4n) is 6.73. The van der Waals surface area contributed by atoms with Crippen molar-refractivity contribution >= 4 is 0 Å². The summed E-state index contributed by atoms with van der Waals surface area (Å²) in [5.74, 6) is 3.20. The van der Waals surface area contributed by atoms with Crippen LogP contribution in [0.25, 0.3) is 0 Å². The maximum Gasteiger partial charge on any atom is 0.0811 e. The standard InChI is InChI=1S/C27H44O2/c1-18(2)8-6-9-19(3)24-13-14-25-21(10-7-15-27(24,25)5)11-12-22-16-23(28)17-26(29)20(22)4/h11-12,18-19,23-26,28-29H,4,6-10,13-17H2,1-3,5H3/t19-,23-,24-,25-,26+,27-/m1/s1. The van der Waals surface area contributed by atoms with Crippen molar-refractivity contribution in [1.29, 1.82) is 0 Å². The molecule has 164 valence electrons. The van der Waals surface area contributed by atoms with Gasteiger partial charge in [0.05, 0.1) is 12.2 Å². The van der Waals surface area contributed by atoms with Crippen molar-refractivity contribution in [3.05, 3.63) is 35.5 Å². The topological polar surface area (TPSA) is 40.5 Å². The molecular formula is C27H44O2. The van der Waals surface area contributed by atoms with Gasteiger partial charge in [0.25, 0.3) is 0 Å². The average Bonchev–Trinajstić information content (AvgIpc) is 3.00. The Bertz CT molecular complexity index is 643. The van der Waals surface area contributed by atoms with Crippen LogP contribution in [-0.4, -0.2) is 22.4 Å². The summed E-state index contributed by atoms with van der Waals surface area (Å²) in [6, 6.07) is 0. The third-order valence-electron chi connectivity index (χ3n) is 8.43. The minimum Gasteiger partial charge on any atom is -0.393 e. The molecule has 0 aromatic heterocycles. The number of fused-ring (bicyclic) bond motifs is 1. The van der Waals surface area contributed by atoms with E-state index >= 15 is 0 Å². The van der Waals surface area contributed by atoms with Crippen molar-refractivity contribution in [2.75, 3.05) is 0 Å². The van der Waals surface area contributed by atoms with Crippen LogP contribution in [0.15, 0.2) is 35.5 Å². The Hall–Kier alpha value is -0.860. The monoisotopic (exact) mass is 400 g/mol. The van der Waals surface area contributed by atoms with Gasteiger partial charge in [0.2, 0.25) is 0 Å². The fourth-order valence-corrected chi connectivity index (χ4v) is 6.73. The van der Waals surface area contributed by atoms with E-state index in [0.717, 1.165) is 28.9 Å². The van der Waals surface area contributed by atoms with Crippen LogP contribution in [0.4, 0.5) is 0 Å². The fraction of sp³-hybridized carbons (Fsp3) is 0.778. The van der Waals surface area contributed by atoms with Crippen LogP contribution in [0.2, 0.25) is 0 Å². The number of hydrogen-bond acceptors (Lipinski definition) is 2. The van der Waals surface area contributed by atoms with Crippen LogP contribution >= 0.6 is 0 Å². The predicted molar refractivity (Wildman–Crippen MR) is 123 cm³/mol. The first-order chi connectivity index (χ1) is 13.7. The lowest BCUT2D eigenvalue weighted by molar-refractivity contribution is 0.0861. The van der Waals surface area contributed by atoms with E-state index in [1.807, 2.05) is 0 Å². The van der Waals surface area contributed by atoms with Gasteiger partial charge in [0, 0.05) is 6.42 Å². The second kappa shape index (κ2) is 9.52. The summed E-state index contributed by atoms with van der Waals surface area (Å²) in [5.41, 5.74) is 3.88. The van der Waals surface area contributed by atoms with Gasteiger partial charge in [-0.25, -0.2) is 0 Å². The van der Waals surface area contributed by atoms with Crippen LogP contribution in [0, 0.1) is 29.1 Å². The average molecular weight is 401 g/mol. The predicted octanol–water partition coefficient (Wildman–Crippen LogP) is 6.59. The van der Waals surface area contributed by atoms with Crippen molar-refractivity contribution in [3.8, 4) is 0 Å². The van der Waals surface area contributed by atoms with Crippen LogP contribution < -0.4 is 0 Å². The molecule has 0 aromatic carbocycles. The minimum atomic E-state index is -0.595. The van der Waals surface area contributed by atoms with Crippen molar-refractivity contribution in [2.45, 2.75) is 104 Å². The Balaban J connectivity index is 1.71. The van der Waals surface area contributed by atoms with Crippen molar-refractivity contribution in [1.82, 2.24) is 0 Å². The van der Waals surface area contributed by atoms with Gasteiger partial charge >= 0.3 is 0 Å². The van der Waals surface area contributed by atoms with E-state index in [1.54, 1.807) is 5.57 Å². The first-order valence-corrected chi connectivity index (χ1v) is 12.2. The molecule has 3 aliphatic rings. The molecule has 0 unspecified atom stereocenters. The molecule has 3 fully saturated rings. The Morgan fingerprint density at radius 3 is 2.62 bits per heavy atom. The summed E-state index contributed by atoms with van der Waals surface area (Å²) in [4.78, 5) is 0. The molecule has 0 aliphatic heterocycles. The molecule has 0 bridgehead atoms. The van der Waals surface area contributed by atoms with Crippen molar-refractivity contribution in [2.24, 2.45) is 29.1 Å². The highest BCUT2D eigenvalue weighted by Gasteiger charge is 2.50. The number of hydrogen-bond donors (Lipinski definition) is 2. The highest BCUT2D eigenvalue weighted by Crippen LogP contribution is 2.59. The normalized spacial score (nSPS) is 39.3. The lowest BCUT2D eigenvalue weighted by Gasteiger charge is -2.44. The first-order valence-electron chi connectivity index (χ1n) is 12.2. The van der Waals surface area contributed by atoms with Gasteiger partial charge in [-0.3, -0.25) is 0 Å². The van der Waals surface area contributed by atoms with E-state index in [9.17, 15) is 10.2 Å². The van der Waals surface area contributed by atoms with Gasteiger partial charge in [-0.15, -0.1) is 0 Å². The highest BCUT2D eigenvalue weighted by molar-refractivity contribution is 5.38. The molecule has 0 spiro atoms. The Morgan fingerprint density at radius 1 is 1.14 bits per heavy atom. The molecule has 0 radical (unpaired) electrons. The molecule has 2 N–H and O–H groups in total. The van der Waals surface area contributed by atoms with E-state index < -0.39 is 12.2 Å². The van der Waals surface area contributed by atoms with E-state index in [1.165, 1.54) is 51.4 Å². The molecule has 3 rings (SSSR count). The maximum atomic E-state index is 10.1. The lowest BCUT2D eigenvalue weighted by Crippen LogP contribution is -2.36. The highest BCUT2D eigenvalue weighted by atomic mass is 16.3. The van der Waals surface area contributed by atoms with Gasteiger partial charge < -0.3 is 10.2 Å². The summed E-state index contributed by atoms with van der Waals surface area (Å²) in [6.07, 6.45) is 15.2. The quantitative estimate of drug-likeness (QED) is 0.528. The molecule has 0 saturated heterocycles. The van der Waals surface area contributed by atoms with Gasteiger partial charge in [0.1, 0.15) is 0 Å². The Morgan fingerprint density at radius 2 is 1.90 bits per heavy atom. The summed E-state index contributed by atoms with van der Waals surface area (Å²) in [7, 11) is 0. The number of rotatable bonds is 6. The molecule has 2 heteroatoms. The zero-order valence-corrected chi connectivity index (χ0v) is 19.3. The number of aliphatic hydroxyl groups is 2. The van der Waals surface area contributed by atoms with Gasteiger partial charge in [-0.05, 0) is 78.8 Å². The summed E-state index contributed by atoms with van der Waals surface area (Å²) in [5, 5.41) is 20.2. The van der Waals surface area contributed by atoms with Crippen LogP contribution in [0.1, 0.15) is 91.9 Å². The molecule has 29 heavy (non-hydrogen) atoms. The number of aliphatic hydroxyl groups excluding tert-OH is 2. The molecule has 0 heterocycles. The maximum absolute atomic E-state index is 10.1. The second-order valence-electron chi connectivity index (χ2n) is 11.0. The van der Waals surface area contributed by atoms with Crippen molar-refractivity contribution in [3.63, 3.8) is 0 Å². The SMILES string of the molecule is C=C1C(=CC=C2CCC[C@@]3(C)[C@@H]2CC[C@@H]3[C@H](C)CCCC(C)C)C[C@@H](O)C[C@@H]1O. The first kappa shape index (κ1) is 22.8. The third kappa shape index (κ3) is 5.07. The Kier molecular flexibility index (Phi) is 7.49. The molecule has 3 saturated carbocycles. The van der Waals surface area contributed by atoms with Crippen LogP contribution in [-0.2, 0) is 0 Å². The van der Waals surface area contributed by atoms with E-state index in [2.05, 4.69) is 46.4 Å². The summed E-state index contributed by atoms with van der Waals surface area (Å²) in [6.45, 7) is 13.8. The zero-order chi connectivity index (χ0) is 21.2. The largest absolute Gasteiger partial charge is 0.393 e. The second-order valence-corrected chi connectivity index (χ2v) is 11.0. The van der Waals surface area contributed by atoms with Gasteiger partial charge in [-0.1, -0.05) is 71.3 Å². The molecule has 6 atom stereocenters. The van der Waals surface area contributed by atoms with Crippen LogP contribution in [0.5, 0.6) is 0 Å². The summed E-state index contributed by atoms with van der Waals surface area (Å²) >= 11 is 0. The van der Waals surface area contributed by atoms with E-state index in [-0.39, 0.29) is 0 Å². The lowest BCUT2D eigenvalue weighted by atomic mass is 9.60. The van der Waals surface area contributed by atoms with Crippen molar-refractivity contribution < 1.29 is 10.2 Å². The molecule has 0 aromatic rings. The molecule has 0 amide bonds. The van der Waals surface area contributed by atoms with Gasteiger partial charge in [-0.2, -0.15) is 0 Å². The zero-order valence-electron chi connectivity index (χ0n) is 19.3. The van der Waals surface area contributed by atoms with Gasteiger partial charge in [0.15, 0.2) is 0 Å². The smallest absolute Gasteiger partial charge is 0.0811 e. The molecule has 3 aliphatic carbocycles. The third-order valence-corrected chi connectivity index (χ3v) is 8.43.